The summed E-state index contributed by atoms with van der Waals surface area (Å²) < 4.78 is 13.0. The Hall–Kier alpha value is -3.35. The molecular formula is C26H32N4O3. The molecule has 3 aromatic rings. The van der Waals surface area contributed by atoms with Gasteiger partial charge in [0.15, 0.2) is 17.6 Å². The van der Waals surface area contributed by atoms with Gasteiger partial charge < -0.3 is 14.8 Å². The first kappa shape index (κ1) is 22.8. The van der Waals surface area contributed by atoms with Gasteiger partial charge in [0.1, 0.15) is 0 Å². The Kier molecular flexibility index (Phi) is 7.27. The molecule has 4 rings (SSSR count). The molecule has 174 valence electrons. The summed E-state index contributed by atoms with van der Waals surface area (Å²) in [6.07, 6.45) is 9.44. The van der Waals surface area contributed by atoms with E-state index >= 15 is 0 Å². The first-order valence-corrected chi connectivity index (χ1v) is 11.6. The van der Waals surface area contributed by atoms with Crippen LogP contribution in [-0.2, 0) is 11.8 Å². The smallest absolute Gasteiger partial charge is 0.260 e. The second kappa shape index (κ2) is 10.5. The Labute approximate surface area is 195 Å². The average molecular weight is 449 g/mol. The van der Waals surface area contributed by atoms with Crippen molar-refractivity contribution in [2.45, 2.75) is 44.6 Å². The molecule has 1 aromatic carbocycles. The Bertz CT molecular complexity index is 1060. The monoisotopic (exact) mass is 448 g/mol. The predicted octanol–water partition coefficient (Wildman–Crippen LogP) is 4.35. The molecule has 2 heterocycles. The number of nitrogens with zero attached hydrogens (tertiary/aromatic N) is 3. The van der Waals surface area contributed by atoms with Crippen LogP contribution in [0.25, 0.3) is 11.1 Å². The van der Waals surface area contributed by atoms with Crippen molar-refractivity contribution in [1.82, 2.24) is 20.1 Å². The van der Waals surface area contributed by atoms with E-state index in [1.807, 2.05) is 60.5 Å². The van der Waals surface area contributed by atoms with E-state index in [0.717, 1.165) is 31.2 Å². The number of carbonyl (C=O) groups excluding carboxylic acids is 1. The third-order valence-corrected chi connectivity index (χ3v) is 6.39. The number of aromatic nitrogens is 3. The number of benzene rings is 1. The van der Waals surface area contributed by atoms with Crippen molar-refractivity contribution in [3.63, 3.8) is 0 Å². The van der Waals surface area contributed by atoms with Gasteiger partial charge in [0.25, 0.3) is 5.91 Å². The van der Waals surface area contributed by atoms with E-state index in [1.165, 1.54) is 11.3 Å². The highest BCUT2D eigenvalue weighted by Gasteiger charge is 2.27. The molecule has 33 heavy (non-hydrogen) atoms. The Morgan fingerprint density at radius 1 is 1.12 bits per heavy atom. The largest absolute Gasteiger partial charge is 0.493 e. The van der Waals surface area contributed by atoms with Crippen LogP contribution in [0.2, 0.25) is 0 Å². The van der Waals surface area contributed by atoms with Gasteiger partial charge in [-0.1, -0.05) is 12.1 Å². The van der Waals surface area contributed by atoms with E-state index < -0.39 is 6.10 Å². The van der Waals surface area contributed by atoms with E-state index in [9.17, 15) is 4.79 Å². The molecule has 0 spiro atoms. The first-order valence-electron chi connectivity index (χ1n) is 11.6. The van der Waals surface area contributed by atoms with Gasteiger partial charge in [-0.25, -0.2) is 0 Å². The maximum Gasteiger partial charge on any atom is 0.260 e. The van der Waals surface area contributed by atoms with Crippen molar-refractivity contribution in [3.8, 4) is 22.6 Å². The maximum atomic E-state index is 12.6. The van der Waals surface area contributed by atoms with Crippen molar-refractivity contribution >= 4 is 5.91 Å². The van der Waals surface area contributed by atoms with E-state index in [4.69, 9.17) is 14.6 Å². The van der Waals surface area contributed by atoms with Gasteiger partial charge in [-0.3, -0.25) is 14.5 Å². The molecule has 1 N–H and O–H groups in total. The SMILES string of the molecule is COc1ccccc1O[C@H](C)C(=O)NCC1CCC(c2nn(C)cc2-c2ccncc2)CC1. The number of pyridine rings is 1. The molecule has 7 heteroatoms. The fourth-order valence-corrected chi connectivity index (χ4v) is 4.55. The third-order valence-electron chi connectivity index (χ3n) is 6.39. The maximum absolute atomic E-state index is 12.6. The first-order chi connectivity index (χ1) is 16.0. The average Bonchev–Trinajstić information content (AvgIpc) is 3.25. The lowest BCUT2D eigenvalue weighted by atomic mass is 9.79. The van der Waals surface area contributed by atoms with E-state index in [1.54, 1.807) is 14.0 Å². The van der Waals surface area contributed by atoms with Crippen LogP contribution in [0.3, 0.4) is 0 Å². The lowest BCUT2D eigenvalue weighted by Crippen LogP contribution is -2.39. The zero-order valence-electron chi connectivity index (χ0n) is 19.5. The Balaban J connectivity index is 1.28. The second-order valence-electron chi connectivity index (χ2n) is 8.71. The van der Waals surface area contributed by atoms with Crippen LogP contribution < -0.4 is 14.8 Å². The standard InChI is InChI=1S/C26H32N4O3/c1-18(33-24-7-5-4-6-23(24)32-3)26(31)28-16-19-8-10-21(11-9-19)25-22(17-30(2)29-25)20-12-14-27-15-13-20/h4-7,12-15,17-19,21H,8-11,16H2,1-3H3,(H,28,31)/t18-,19?,21?/m1/s1. The minimum absolute atomic E-state index is 0.104. The number of amides is 1. The lowest BCUT2D eigenvalue weighted by molar-refractivity contribution is -0.127. The number of para-hydroxylation sites is 2. The van der Waals surface area contributed by atoms with Gasteiger partial charge in [0.05, 0.1) is 12.8 Å². The zero-order chi connectivity index (χ0) is 23.2. The fourth-order valence-electron chi connectivity index (χ4n) is 4.55. The van der Waals surface area contributed by atoms with Crippen LogP contribution in [0.1, 0.15) is 44.2 Å². The third kappa shape index (κ3) is 5.53. The van der Waals surface area contributed by atoms with Crippen molar-refractivity contribution < 1.29 is 14.3 Å². The summed E-state index contributed by atoms with van der Waals surface area (Å²) in [5.74, 6) is 2.00. The Morgan fingerprint density at radius 2 is 1.82 bits per heavy atom. The topological polar surface area (TPSA) is 78.3 Å². The molecule has 0 saturated heterocycles. The summed E-state index contributed by atoms with van der Waals surface area (Å²) in [5.41, 5.74) is 3.52. The fraction of sp³-hybridized carbons (Fsp3) is 0.423. The van der Waals surface area contributed by atoms with Crippen LogP contribution >= 0.6 is 0 Å². The van der Waals surface area contributed by atoms with Crippen LogP contribution in [0.4, 0.5) is 0 Å². The minimum Gasteiger partial charge on any atom is -0.493 e. The summed E-state index contributed by atoms with van der Waals surface area (Å²) in [4.78, 5) is 16.7. The number of aryl methyl sites for hydroxylation is 1. The molecule has 1 amide bonds. The summed E-state index contributed by atoms with van der Waals surface area (Å²) >= 11 is 0. The van der Waals surface area contributed by atoms with E-state index in [0.29, 0.717) is 29.9 Å². The van der Waals surface area contributed by atoms with Crippen LogP contribution in [0, 0.1) is 5.92 Å². The van der Waals surface area contributed by atoms with Crippen molar-refractivity contribution in [2.75, 3.05) is 13.7 Å². The molecular weight excluding hydrogens is 416 g/mol. The summed E-state index contributed by atoms with van der Waals surface area (Å²) in [6, 6.07) is 11.4. The van der Waals surface area contributed by atoms with Gasteiger partial charge >= 0.3 is 0 Å². The molecule has 1 atom stereocenters. The van der Waals surface area contributed by atoms with Crippen LogP contribution in [0.15, 0.2) is 55.0 Å². The highest BCUT2D eigenvalue weighted by atomic mass is 16.5. The molecule has 2 aromatic heterocycles. The molecule has 0 bridgehead atoms. The normalized spacial score (nSPS) is 19.0. The molecule has 0 aliphatic heterocycles. The molecule has 1 aliphatic rings. The summed E-state index contributed by atoms with van der Waals surface area (Å²) in [7, 11) is 3.57. The van der Waals surface area contributed by atoms with Gasteiger partial charge in [-0.15, -0.1) is 0 Å². The predicted molar refractivity (Wildman–Crippen MR) is 127 cm³/mol. The second-order valence-corrected chi connectivity index (χ2v) is 8.71. The summed E-state index contributed by atoms with van der Waals surface area (Å²) in [6.45, 7) is 2.44. The number of methoxy groups -OCH3 is 1. The molecule has 1 aliphatic carbocycles. The number of nitrogens with one attached hydrogen (secondary N) is 1. The Morgan fingerprint density at radius 3 is 2.52 bits per heavy atom. The van der Waals surface area contributed by atoms with Crippen molar-refractivity contribution in [3.05, 3.63) is 60.7 Å². The molecule has 0 radical (unpaired) electrons. The quantitative estimate of drug-likeness (QED) is 0.554. The molecule has 7 nitrogen and oxygen atoms in total. The van der Waals surface area contributed by atoms with E-state index in [2.05, 4.69) is 16.5 Å². The van der Waals surface area contributed by atoms with Gasteiger partial charge in [0, 0.05) is 43.7 Å². The highest BCUT2D eigenvalue weighted by molar-refractivity contribution is 5.80. The lowest BCUT2D eigenvalue weighted by Gasteiger charge is -2.28. The molecule has 1 fully saturated rings. The minimum atomic E-state index is -0.589. The van der Waals surface area contributed by atoms with Crippen LogP contribution in [-0.4, -0.2) is 40.4 Å². The number of ether oxygens (including phenoxy) is 2. The highest BCUT2D eigenvalue weighted by Crippen LogP contribution is 2.39. The zero-order valence-corrected chi connectivity index (χ0v) is 19.5. The van der Waals surface area contributed by atoms with Crippen LogP contribution in [0.5, 0.6) is 11.5 Å². The van der Waals surface area contributed by atoms with Gasteiger partial charge in [0.2, 0.25) is 0 Å². The molecule has 0 unspecified atom stereocenters. The number of carbonyl (C=O) groups is 1. The van der Waals surface area contributed by atoms with Gasteiger partial charge in [-0.05, 0) is 68.4 Å². The number of hydrogen-bond acceptors (Lipinski definition) is 5. The number of rotatable bonds is 8. The van der Waals surface area contributed by atoms with Crippen molar-refractivity contribution in [1.29, 1.82) is 0 Å². The molecule has 1 saturated carbocycles. The van der Waals surface area contributed by atoms with E-state index in [-0.39, 0.29) is 5.91 Å². The van der Waals surface area contributed by atoms with Gasteiger partial charge in [-0.2, -0.15) is 5.10 Å². The number of hydrogen-bond donors (Lipinski definition) is 1. The summed E-state index contributed by atoms with van der Waals surface area (Å²) in [5, 5.41) is 7.86. The van der Waals surface area contributed by atoms with Crippen molar-refractivity contribution in [2.24, 2.45) is 13.0 Å².